The predicted molar refractivity (Wildman–Crippen MR) is 91.7 cm³/mol. The van der Waals surface area contributed by atoms with Gasteiger partial charge in [0.05, 0.1) is 31.3 Å². The summed E-state index contributed by atoms with van der Waals surface area (Å²) in [5.41, 5.74) is 8.50. The lowest BCUT2D eigenvalue weighted by atomic mass is 10.1. The van der Waals surface area contributed by atoms with Gasteiger partial charge in [0.15, 0.2) is 0 Å². The topological polar surface area (TPSA) is 85.6 Å². The average molecular weight is 315 g/mol. The van der Waals surface area contributed by atoms with Crippen LogP contribution < -0.4 is 25.8 Å². The summed E-state index contributed by atoms with van der Waals surface area (Å²) in [6.45, 7) is 2.44. The Morgan fingerprint density at radius 3 is 2.43 bits per heavy atom. The first-order valence-electron chi connectivity index (χ1n) is 7.25. The predicted octanol–water partition coefficient (Wildman–Crippen LogP) is 2.78. The lowest BCUT2D eigenvalue weighted by molar-refractivity contribution is 0.0956. The van der Waals surface area contributed by atoms with Gasteiger partial charge in [-0.05, 0) is 37.3 Å². The third-order valence-electron chi connectivity index (χ3n) is 3.33. The number of benzene rings is 2. The maximum atomic E-state index is 11.8. The van der Waals surface area contributed by atoms with Crippen LogP contribution in [0.3, 0.4) is 0 Å². The van der Waals surface area contributed by atoms with E-state index in [-0.39, 0.29) is 5.91 Å². The summed E-state index contributed by atoms with van der Waals surface area (Å²) in [7, 11) is 3.18. The summed E-state index contributed by atoms with van der Waals surface area (Å²) in [5.74, 6) is 1.19. The normalized spacial score (nSPS) is 10.0. The molecule has 0 aromatic heterocycles. The standard InChI is InChI=1S/C17H21N3O3/c1-4-19-17(21)11-5-7-14(13(18)9-11)20-15-8-6-12(22-2)10-16(15)23-3/h5-10,20H,4,18H2,1-3H3,(H,19,21). The highest BCUT2D eigenvalue weighted by Crippen LogP contribution is 2.33. The van der Waals surface area contributed by atoms with Crippen molar-refractivity contribution in [2.45, 2.75) is 6.92 Å². The van der Waals surface area contributed by atoms with Gasteiger partial charge in [-0.15, -0.1) is 0 Å². The number of ether oxygens (including phenoxy) is 2. The second-order valence-electron chi connectivity index (χ2n) is 4.85. The molecule has 0 aliphatic rings. The fraction of sp³-hybridized carbons (Fsp3) is 0.235. The van der Waals surface area contributed by atoms with Crippen LogP contribution in [-0.4, -0.2) is 26.7 Å². The molecule has 2 rings (SSSR count). The van der Waals surface area contributed by atoms with Crippen LogP contribution >= 0.6 is 0 Å². The van der Waals surface area contributed by atoms with Crippen LogP contribution in [0.5, 0.6) is 11.5 Å². The van der Waals surface area contributed by atoms with Crippen molar-refractivity contribution < 1.29 is 14.3 Å². The number of carbonyl (C=O) groups excluding carboxylic acids is 1. The molecule has 0 saturated heterocycles. The minimum absolute atomic E-state index is 0.146. The van der Waals surface area contributed by atoms with Gasteiger partial charge in [0.2, 0.25) is 0 Å². The van der Waals surface area contributed by atoms with Crippen LogP contribution in [0.2, 0.25) is 0 Å². The second kappa shape index (κ2) is 7.40. The number of nitrogens with one attached hydrogen (secondary N) is 2. The third kappa shape index (κ3) is 3.85. The van der Waals surface area contributed by atoms with Crippen molar-refractivity contribution in [1.29, 1.82) is 0 Å². The van der Waals surface area contributed by atoms with Crippen molar-refractivity contribution in [3.05, 3.63) is 42.0 Å². The molecule has 0 heterocycles. The first-order valence-corrected chi connectivity index (χ1v) is 7.25. The lowest BCUT2D eigenvalue weighted by Crippen LogP contribution is -2.22. The number of methoxy groups -OCH3 is 2. The number of amides is 1. The van der Waals surface area contributed by atoms with Gasteiger partial charge in [-0.3, -0.25) is 4.79 Å². The van der Waals surface area contributed by atoms with Gasteiger partial charge in [0, 0.05) is 18.2 Å². The molecule has 0 aliphatic carbocycles. The summed E-state index contributed by atoms with van der Waals surface area (Å²) in [4.78, 5) is 11.8. The molecule has 0 radical (unpaired) electrons. The SMILES string of the molecule is CCNC(=O)c1ccc(Nc2ccc(OC)cc2OC)c(N)c1. The number of nitrogens with two attached hydrogens (primary N) is 1. The number of nitrogen functional groups attached to an aromatic ring is 1. The van der Waals surface area contributed by atoms with Crippen molar-refractivity contribution in [2.75, 3.05) is 31.8 Å². The minimum Gasteiger partial charge on any atom is -0.497 e. The minimum atomic E-state index is -0.146. The first-order chi connectivity index (χ1) is 11.1. The molecule has 0 fully saturated rings. The monoisotopic (exact) mass is 315 g/mol. The van der Waals surface area contributed by atoms with Gasteiger partial charge in [-0.2, -0.15) is 0 Å². The van der Waals surface area contributed by atoms with E-state index in [0.717, 1.165) is 5.69 Å². The van der Waals surface area contributed by atoms with Gasteiger partial charge >= 0.3 is 0 Å². The molecule has 0 bridgehead atoms. The van der Waals surface area contributed by atoms with Crippen LogP contribution in [0.4, 0.5) is 17.1 Å². The molecule has 0 aliphatic heterocycles. The molecular formula is C17H21N3O3. The summed E-state index contributed by atoms with van der Waals surface area (Å²) < 4.78 is 10.5. The number of hydrogen-bond donors (Lipinski definition) is 3. The van der Waals surface area contributed by atoms with Crippen molar-refractivity contribution in [1.82, 2.24) is 5.32 Å². The summed E-state index contributed by atoms with van der Waals surface area (Å²) in [6.07, 6.45) is 0. The van der Waals surface area contributed by atoms with Crippen LogP contribution in [0.1, 0.15) is 17.3 Å². The van der Waals surface area contributed by atoms with E-state index in [4.69, 9.17) is 15.2 Å². The molecule has 6 heteroatoms. The molecule has 0 saturated carbocycles. The van der Waals surface area contributed by atoms with Crippen molar-refractivity contribution in [3.63, 3.8) is 0 Å². The molecular weight excluding hydrogens is 294 g/mol. The van der Waals surface area contributed by atoms with E-state index in [2.05, 4.69) is 10.6 Å². The van der Waals surface area contributed by atoms with Crippen molar-refractivity contribution >= 4 is 23.0 Å². The number of anilines is 3. The maximum absolute atomic E-state index is 11.8. The zero-order valence-electron chi connectivity index (χ0n) is 13.5. The van der Waals surface area contributed by atoms with Crippen LogP contribution in [-0.2, 0) is 0 Å². The van der Waals surface area contributed by atoms with E-state index < -0.39 is 0 Å². The van der Waals surface area contributed by atoms with Gasteiger partial charge in [-0.1, -0.05) is 0 Å². The van der Waals surface area contributed by atoms with Gasteiger partial charge in [0.25, 0.3) is 5.91 Å². The quantitative estimate of drug-likeness (QED) is 0.714. The number of hydrogen-bond acceptors (Lipinski definition) is 5. The molecule has 0 spiro atoms. The fourth-order valence-corrected chi connectivity index (χ4v) is 2.13. The molecule has 122 valence electrons. The largest absolute Gasteiger partial charge is 0.497 e. The van der Waals surface area contributed by atoms with Gasteiger partial charge in [-0.25, -0.2) is 0 Å². The Hall–Kier alpha value is -2.89. The van der Waals surface area contributed by atoms with Crippen LogP contribution in [0.25, 0.3) is 0 Å². The van der Waals surface area contributed by atoms with E-state index in [9.17, 15) is 4.79 Å². The number of rotatable bonds is 6. The first kappa shape index (κ1) is 16.5. The van der Waals surface area contributed by atoms with Crippen molar-refractivity contribution in [3.8, 4) is 11.5 Å². The van der Waals surface area contributed by atoms with Crippen LogP contribution in [0.15, 0.2) is 36.4 Å². The zero-order valence-corrected chi connectivity index (χ0v) is 13.5. The maximum Gasteiger partial charge on any atom is 0.251 e. The smallest absolute Gasteiger partial charge is 0.251 e. The molecule has 4 N–H and O–H groups in total. The molecule has 23 heavy (non-hydrogen) atoms. The molecule has 1 amide bonds. The van der Waals surface area contributed by atoms with Gasteiger partial charge in [0.1, 0.15) is 11.5 Å². The lowest BCUT2D eigenvalue weighted by Gasteiger charge is -2.14. The molecule has 2 aromatic rings. The van der Waals surface area contributed by atoms with E-state index >= 15 is 0 Å². The second-order valence-corrected chi connectivity index (χ2v) is 4.85. The van der Waals surface area contributed by atoms with E-state index in [0.29, 0.717) is 35.0 Å². The Balaban J connectivity index is 2.25. The highest BCUT2D eigenvalue weighted by atomic mass is 16.5. The Morgan fingerprint density at radius 2 is 1.83 bits per heavy atom. The zero-order chi connectivity index (χ0) is 16.8. The van der Waals surface area contributed by atoms with E-state index in [1.807, 2.05) is 19.1 Å². The Bertz CT molecular complexity index is 701. The number of carbonyl (C=O) groups is 1. The molecule has 0 atom stereocenters. The fourth-order valence-electron chi connectivity index (χ4n) is 2.13. The average Bonchev–Trinajstić information content (AvgIpc) is 2.57. The Labute approximate surface area is 135 Å². The highest BCUT2D eigenvalue weighted by Gasteiger charge is 2.10. The summed E-state index contributed by atoms with van der Waals surface area (Å²) in [6, 6.07) is 10.6. The summed E-state index contributed by atoms with van der Waals surface area (Å²) in [5, 5.41) is 5.94. The highest BCUT2D eigenvalue weighted by molar-refractivity contribution is 5.96. The summed E-state index contributed by atoms with van der Waals surface area (Å²) >= 11 is 0. The molecule has 2 aromatic carbocycles. The van der Waals surface area contributed by atoms with E-state index in [1.165, 1.54) is 0 Å². The molecule has 0 unspecified atom stereocenters. The Kier molecular flexibility index (Phi) is 5.30. The Morgan fingerprint density at radius 1 is 1.09 bits per heavy atom. The molecule has 6 nitrogen and oxygen atoms in total. The third-order valence-corrected chi connectivity index (χ3v) is 3.33. The van der Waals surface area contributed by atoms with Crippen LogP contribution in [0, 0.1) is 0 Å². The van der Waals surface area contributed by atoms with Crippen molar-refractivity contribution in [2.24, 2.45) is 0 Å². The van der Waals surface area contributed by atoms with E-state index in [1.54, 1.807) is 38.5 Å². The van der Waals surface area contributed by atoms with Gasteiger partial charge < -0.3 is 25.8 Å².